The van der Waals surface area contributed by atoms with E-state index in [9.17, 15) is 4.79 Å². The van der Waals surface area contributed by atoms with Gasteiger partial charge in [0.15, 0.2) is 0 Å². The van der Waals surface area contributed by atoms with Gasteiger partial charge in [-0.05, 0) is 12.5 Å². The molecular weight excluding hydrogens is 160 g/mol. The number of rotatable bonds is 0. The van der Waals surface area contributed by atoms with Gasteiger partial charge in [0, 0.05) is 5.75 Å². The van der Waals surface area contributed by atoms with E-state index in [4.69, 9.17) is 5.73 Å². The van der Waals surface area contributed by atoms with Crippen molar-refractivity contribution in [1.82, 2.24) is 4.90 Å². The molecule has 0 bridgehead atoms. The quantitative estimate of drug-likeness (QED) is 0.538. The summed E-state index contributed by atoms with van der Waals surface area (Å²) < 4.78 is 0. The molecule has 2 aliphatic heterocycles. The summed E-state index contributed by atoms with van der Waals surface area (Å²) in [5.74, 6) is 1.82. The normalized spacial score (nSPS) is 30.1. The fraction of sp³-hybridized carbons (Fsp3) is 0.571. The first-order chi connectivity index (χ1) is 5.20. The van der Waals surface area contributed by atoms with E-state index in [2.05, 4.69) is 0 Å². The number of β-lactam (4-membered cyclic amide) rings is 1. The van der Waals surface area contributed by atoms with Crippen molar-refractivity contribution < 1.29 is 4.79 Å². The summed E-state index contributed by atoms with van der Waals surface area (Å²) in [5, 5.41) is 0.339. The zero-order chi connectivity index (χ0) is 8.01. The number of carbonyl (C=O) groups excluding carboxylic acids is 1. The van der Waals surface area contributed by atoms with Crippen molar-refractivity contribution in [2.24, 2.45) is 5.73 Å². The van der Waals surface area contributed by atoms with E-state index in [1.807, 2.05) is 6.92 Å². The van der Waals surface area contributed by atoms with Crippen molar-refractivity contribution >= 4 is 17.7 Å². The lowest BCUT2D eigenvalue weighted by Gasteiger charge is -2.43. The van der Waals surface area contributed by atoms with Crippen molar-refractivity contribution in [2.45, 2.75) is 18.7 Å². The van der Waals surface area contributed by atoms with Gasteiger partial charge in [0.05, 0.1) is 11.8 Å². The minimum Gasteiger partial charge on any atom is -0.385 e. The predicted octanol–water partition coefficient (Wildman–Crippen LogP) is 0.482. The number of amides is 1. The number of hydrogen-bond acceptors (Lipinski definition) is 3. The Morgan fingerprint density at radius 2 is 2.45 bits per heavy atom. The van der Waals surface area contributed by atoms with E-state index < -0.39 is 0 Å². The third-order valence-electron chi connectivity index (χ3n) is 2.09. The Hall–Kier alpha value is -0.640. The Balaban J connectivity index is 2.29. The molecule has 0 aromatic heterocycles. The van der Waals surface area contributed by atoms with E-state index in [-0.39, 0.29) is 5.91 Å². The second-order valence-electron chi connectivity index (χ2n) is 2.90. The van der Waals surface area contributed by atoms with Gasteiger partial charge in [0.2, 0.25) is 5.91 Å². The SMILES string of the molecule is CC1=C(N)N2C(=O)CC2SC1. The van der Waals surface area contributed by atoms with Gasteiger partial charge < -0.3 is 5.73 Å². The smallest absolute Gasteiger partial charge is 0.232 e. The van der Waals surface area contributed by atoms with E-state index in [0.717, 1.165) is 11.3 Å². The van der Waals surface area contributed by atoms with Crippen LogP contribution in [0.15, 0.2) is 11.4 Å². The van der Waals surface area contributed by atoms with Crippen LogP contribution in [-0.2, 0) is 4.79 Å². The maximum atomic E-state index is 11.0. The van der Waals surface area contributed by atoms with Gasteiger partial charge in [-0.2, -0.15) is 0 Å². The van der Waals surface area contributed by atoms with Gasteiger partial charge in [-0.1, -0.05) is 0 Å². The van der Waals surface area contributed by atoms with E-state index in [1.54, 1.807) is 16.7 Å². The van der Waals surface area contributed by atoms with Crippen LogP contribution < -0.4 is 5.73 Å². The van der Waals surface area contributed by atoms with Crippen LogP contribution in [0.25, 0.3) is 0 Å². The van der Waals surface area contributed by atoms with Crippen LogP contribution in [0.2, 0.25) is 0 Å². The molecule has 0 radical (unpaired) electrons. The van der Waals surface area contributed by atoms with Crippen LogP contribution in [0.3, 0.4) is 0 Å². The van der Waals surface area contributed by atoms with Crippen LogP contribution in [-0.4, -0.2) is 21.9 Å². The second kappa shape index (κ2) is 2.17. The monoisotopic (exact) mass is 170 g/mol. The van der Waals surface area contributed by atoms with Crippen LogP contribution in [0.1, 0.15) is 13.3 Å². The van der Waals surface area contributed by atoms with Crippen molar-refractivity contribution in [3.8, 4) is 0 Å². The maximum Gasteiger partial charge on any atom is 0.232 e. The molecule has 1 amide bonds. The highest BCUT2D eigenvalue weighted by molar-refractivity contribution is 8.00. The summed E-state index contributed by atoms with van der Waals surface area (Å²) in [7, 11) is 0. The minimum atomic E-state index is 0.166. The Labute approximate surface area is 69.6 Å². The fourth-order valence-corrected chi connectivity index (χ4v) is 2.54. The second-order valence-corrected chi connectivity index (χ2v) is 4.07. The minimum absolute atomic E-state index is 0.166. The largest absolute Gasteiger partial charge is 0.385 e. The molecule has 0 aromatic rings. The molecule has 1 fully saturated rings. The summed E-state index contributed by atoms with van der Waals surface area (Å²) in [5.41, 5.74) is 6.85. The van der Waals surface area contributed by atoms with Crippen molar-refractivity contribution in [3.05, 3.63) is 11.4 Å². The van der Waals surface area contributed by atoms with Gasteiger partial charge >= 0.3 is 0 Å². The van der Waals surface area contributed by atoms with Crippen molar-refractivity contribution in [1.29, 1.82) is 0 Å². The Morgan fingerprint density at radius 1 is 1.73 bits per heavy atom. The molecular formula is C7H10N2OS. The molecule has 0 aromatic carbocycles. The molecule has 60 valence electrons. The standard InChI is InChI=1S/C7H10N2OS/c1-4-3-11-6-2-5(10)9(6)7(4)8/h6H,2-3,8H2,1H3. The van der Waals surface area contributed by atoms with Gasteiger partial charge in [-0.3, -0.25) is 9.69 Å². The maximum absolute atomic E-state index is 11.0. The van der Waals surface area contributed by atoms with E-state index in [1.165, 1.54) is 0 Å². The number of carbonyl (C=O) groups is 1. The molecule has 1 atom stereocenters. The summed E-state index contributed by atoms with van der Waals surface area (Å²) >= 11 is 1.80. The highest BCUT2D eigenvalue weighted by Gasteiger charge is 2.40. The van der Waals surface area contributed by atoms with Gasteiger partial charge in [-0.15, -0.1) is 11.8 Å². The van der Waals surface area contributed by atoms with E-state index in [0.29, 0.717) is 17.6 Å². The number of fused-ring (bicyclic) bond motifs is 1. The number of hydrogen-bond donors (Lipinski definition) is 1. The van der Waals surface area contributed by atoms with Crippen LogP contribution >= 0.6 is 11.8 Å². The molecule has 0 aliphatic carbocycles. The lowest BCUT2D eigenvalue weighted by atomic mass is 10.1. The predicted molar refractivity (Wildman–Crippen MR) is 44.6 cm³/mol. The molecule has 0 saturated carbocycles. The number of thioether (sulfide) groups is 1. The molecule has 3 nitrogen and oxygen atoms in total. The third kappa shape index (κ3) is 0.854. The van der Waals surface area contributed by atoms with Crippen molar-refractivity contribution in [2.75, 3.05) is 5.75 Å². The number of nitrogens with zero attached hydrogens (tertiary/aromatic N) is 1. The topological polar surface area (TPSA) is 46.3 Å². The fourth-order valence-electron chi connectivity index (χ4n) is 1.31. The van der Waals surface area contributed by atoms with Gasteiger partial charge in [-0.25, -0.2) is 0 Å². The Bertz CT molecular complexity index is 249. The van der Waals surface area contributed by atoms with Crippen molar-refractivity contribution in [3.63, 3.8) is 0 Å². The van der Waals surface area contributed by atoms with Crippen LogP contribution in [0.4, 0.5) is 0 Å². The zero-order valence-corrected chi connectivity index (χ0v) is 7.15. The van der Waals surface area contributed by atoms with Crippen LogP contribution in [0, 0.1) is 0 Å². The highest BCUT2D eigenvalue weighted by atomic mass is 32.2. The molecule has 4 heteroatoms. The molecule has 0 spiro atoms. The lowest BCUT2D eigenvalue weighted by molar-refractivity contribution is -0.138. The first kappa shape index (κ1) is 7.03. The first-order valence-corrected chi connectivity index (χ1v) is 4.64. The molecule has 2 heterocycles. The average Bonchev–Trinajstić information content (AvgIpc) is 1.94. The highest BCUT2D eigenvalue weighted by Crippen LogP contribution is 2.37. The molecule has 1 unspecified atom stereocenters. The van der Waals surface area contributed by atoms with Crippen LogP contribution in [0.5, 0.6) is 0 Å². The Kier molecular flexibility index (Phi) is 1.39. The number of nitrogens with two attached hydrogens (primary N) is 1. The van der Waals surface area contributed by atoms with E-state index >= 15 is 0 Å². The summed E-state index contributed by atoms with van der Waals surface area (Å²) in [6.07, 6.45) is 0.665. The molecule has 2 aliphatic rings. The summed E-state index contributed by atoms with van der Waals surface area (Å²) in [6.45, 7) is 1.98. The molecule has 2 rings (SSSR count). The first-order valence-electron chi connectivity index (χ1n) is 3.59. The molecule has 11 heavy (non-hydrogen) atoms. The summed E-state index contributed by atoms with van der Waals surface area (Å²) in [6, 6.07) is 0. The summed E-state index contributed by atoms with van der Waals surface area (Å²) in [4.78, 5) is 12.7. The third-order valence-corrected chi connectivity index (χ3v) is 3.46. The van der Waals surface area contributed by atoms with Gasteiger partial charge in [0.25, 0.3) is 0 Å². The molecule has 1 saturated heterocycles. The lowest BCUT2D eigenvalue weighted by Crippen LogP contribution is -2.54. The van der Waals surface area contributed by atoms with Gasteiger partial charge in [0.1, 0.15) is 5.82 Å². The zero-order valence-electron chi connectivity index (χ0n) is 6.33. The average molecular weight is 170 g/mol. The Morgan fingerprint density at radius 3 is 3.00 bits per heavy atom. The molecule has 2 N–H and O–H groups in total.